The van der Waals surface area contributed by atoms with Gasteiger partial charge in [-0.05, 0) is 18.4 Å². The van der Waals surface area contributed by atoms with Gasteiger partial charge in [0.1, 0.15) is 0 Å². The molecule has 0 N–H and O–H groups in total. The number of rotatable bonds is 9. The fraction of sp³-hybridized carbons (Fsp3) is 0.588. The van der Waals surface area contributed by atoms with Gasteiger partial charge in [0.05, 0.1) is 0 Å². The second-order valence-corrected chi connectivity index (χ2v) is 5.06. The Kier molecular flexibility index (Phi) is 7.97. The highest BCUT2D eigenvalue weighted by Crippen LogP contribution is 2.19. The lowest BCUT2D eigenvalue weighted by atomic mass is 10.1. The van der Waals surface area contributed by atoms with Crippen LogP contribution < -0.4 is 0 Å². The summed E-state index contributed by atoms with van der Waals surface area (Å²) in [6.45, 7) is 5.94. The summed E-state index contributed by atoms with van der Waals surface area (Å²) < 4.78 is 5.45. The lowest BCUT2D eigenvalue weighted by Gasteiger charge is -2.27. The number of amides is 1. The molecule has 0 spiro atoms. The van der Waals surface area contributed by atoms with E-state index in [9.17, 15) is 4.79 Å². The molecule has 3 nitrogen and oxygen atoms in total. The zero-order chi connectivity index (χ0) is 14.8. The van der Waals surface area contributed by atoms with E-state index in [1.165, 1.54) is 0 Å². The average Bonchev–Trinajstić information content (AvgIpc) is 2.49. The summed E-state index contributed by atoms with van der Waals surface area (Å²) >= 11 is 0. The average molecular weight is 277 g/mol. The second-order valence-electron chi connectivity index (χ2n) is 5.06. The van der Waals surface area contributed by atoms with Crippen LogP contribution in [0.2, 0.25) is 0 Å². The van der Waals surface area contributed by atoms with Gasteiger partial charge in [0, 0.05) is 20.2 Å². The zero-order valence-electron chi connectivity index (χ0n) is 13.0. The van der Waals surface area contributed by atoms with E-state index in [-0.39, 0.29) is 5.91 Å². The van der Waals surface area contributed by atoms with Crippen molar-refractivity contribution in [3.05, 3.63) is 35.9 Å². The molecule has 0 aliphatic rings. The van der Waals surface area contributed by atoms with Gasteiger partial charge in [-0.2, -0.15) is 0 Å². The Balaban J connectivity index is 2.78. The van der Waals surface area contributed by atoms with Crippen LogP contribution in [-0.2, 0) is 9.53 Å². The summed E-state index contributed by atoms with van der Waals surface area (Å²) in [5.41, 5.74) is 0.929. The molecule has 1 rings (SSSR count). The van der Waals surface area contributed by atoms with Crippen LogP contribution >= 0.6 is 0 Å². The molecule has 1 atom stereocenters. The molecule has 20 heavy (non-hydrogen) atoms. The molecule has 112 valence electrons. The lowest BCUT2D eigenvalue weighted by Crippen LogP contribution is -2.37. The van der Waals surface area contributed by atoms with E-state index in [0.717, 1.165) is 44.3 Å². The molecular weight excluding hydrogens is 250 g/mol. The monoisotopic (exact) mass is 277 g/mol. The van der Waals surface area contributed by atoms with E-state index in [1.54, 1.807) is 7.11 Å². The number of hydrogen-bond acceptors (Lipinski definition) is 2. The fourth-order valence-electron chi connectivity index (χ4n) is 2.20. The molecule has 1 aromatic carbocycles. The van der Waals surface area contributed by atoms with Gasteiger partial charge in [0.25, 0.3) is 5.91 Å². The molecule has 0 aromatic heterocycles. The topological polar surface area (TPSA) is 29.5 Å². The first kappa shape index (κ1) is 16.7. The Hall–Kier alpha value is -1.35. The van der Waals surface area contributed by atoms with E-state index in [4.69, 9.17) is 4.74 Å². The van der Waals surface area contributed by atoms with Gasteiger partial charge in [-0.25, -0.2) is 0 Å². The molecule has 0 heterocycles. The molecule has 0 fully saturated rings. The fourth-order valence-corrected chi connectivity index (χ4v) is 2.20. The molecule has 0 aliphatic carbocycles. The Bertz CT molecular complexity index is 370. The number of carbonyl (C=O) groups is 1. The highest BCUT2D eigenvalue weighted by molar-refractivity contribution is 5.82. The lowest BCUT2D eigenvalue weighted by molar-refractivity contribution is -0.142. The van der Waals surface area contributed by atoms with E-state index in [0.29, 0.717) is 0 Å². The molecule has 0 saturated heterocycles. The predicted molar refractivity (Wildman–Crippen MR) is 82.6 cm³/mol. The first-order valence-corrected chi connectivity index (χ1v) is 7.61. The highest BCUT2D eigenvalue weighted by atomic mass is 16.5. The van der Waals surface area contributed by atoms with Crippen LogP contribution in [0.25, 0.3) is 0 Å². The van der Waals surface area contributed by atoms with Gasteiger partial charge in [0.2, 0.25) is 0 Å². The van der Waals surface area contributed by atoms with E-state index in [2.05, 4.69) is 13.8 Å². The molecule has 0 aliphatic heterocycles. The van der Waals surface area contributed by atoms with Gasteiger partial charge in [0.15, 0.2) is 6.10 Å². The van der Waals surface area contributed by atoms with Gasteiger partial charge in [-0.15, -0.1) is 0 Å². The summed E-state index contributed by atoms with van der Waals surface area (Å²) in [6.07, 6.45) is 3.80. The van der Waals surface area contributed by atoms with Crippen LogP contribution in [-0.4, -0.2) is 31.0 Å². The van der Waals surface area contributed by atoms with Crippen molar-refractivity contribution in [1.82, 2.24) is 4.90 Å². The molecular formula is C17H27NO2. The first-order chi connectivity index (χ1) is 9.74. The molecule has 0 radical (unpaired) electrons. The minimum Gasteiger partial charge on any atom is -0.367 e. The zero-order valence-corrected chi connectivity index (χ0v) is 13.0. The molecule has 1 aromatic rings. The van der Waals surface area contributed by atoms with E-state index < -0.39 is 6.10 Å². The van der Waals surface area contributed by atoms with Crippen LogP contribution in [0.15, 0.2) is 30.3 Å². The summed E-state index contributed by atoms with van der Waals surface area (Å²) in [4.78, 5) is 14.6. The van der Waals surface area contributed by atoms with Crippen LogP contribution in [0.4, 0.5) is 0 Å². The van der Waals surface area contributed by atoms with Crippen molar-refractivity contribution in [3.8, 4) is 0 Å². The van der Waals surface area contributed by atoms with Gasteiger partial charge >= 0.3 is 0 Å². The standard InChI is InChI=1S/C17H27NO2/c1-4-6-13-18(14-7-5-2)17(19)16(20-3)15-11-9-8-10-12-15/h8-12,16H,4-7,13-14H2,1-3H3/t16-/m0/s1. The summed E-state index contributed by atoms with van der Waals surface area (Å²) in [5, 5.41) is 0. The maximum Gasteiger partial charge on any atom is 0.256 e. The van der Waals surface area contributed by atoms with Crippen molar-refractivity contribution in [2.24, 2.45) is 0 Å². The Labute approximate surface area is 122 Å². The number of benzene rings is 1. The van der Waals surface area contributed by atoms with E-state index in [1.807, 2.05) is 35.2 Å². The van der Waals surface area contributed by atoms with Crippen molar-refractivity contribution in [2.45, 2.75) is 45.6 Å². The third kappa shape index (κ3) is 4.97. The van der Waals surface area contributed by atoms with Gasteiger partial charge in [-0.3, -0.25) is 4.79 Å². The second kappa shape index (κ2) is 9.54. The minimum absolute atomic E-state index is 0.0839. The van der Waals surface area contributed by atoms with Gasteiger partial charge < -0.3 is 9.64 Å². The summed E-state index contributed by atoms with van der Waals surface area (Å²) in [7, 11) is 1.60. The smallest absolute Gasteiger partial charge is 0.256 e. The van der Waals surface area contributed by atoms with Crippen molar-refractivity contribution < 1.29 is 9.53 Å². The third-order valence-corrected chi connectivity index (χ3v) is 3.44. The highest BCUT2D eigenvalue weighted by Gasteiger charge is 2.24. The predicted octanol–water partition coefficient (Wildman–Crippen LogP) is 3.80. The SMILES string of the molecule is CCCCN(CCCC)C(=O)[C@@H](OC)c1ccccc1. The van der Waals surface area contributed by atoms with E-state index >= 15 is 0 Å². The van der Waals surface area contributed by atoms with Crippen LogP contribution in [0.5, 0.6) is 0 Å². The number of ether oxygens (including phenoxy) is 1. The summed E-state index contributed by atoms with van der Waals surface area (Å²) in [6, 6.07) is 9.73. The first-order valence-electron chi connectivity index (χ1n) is 7.61. The van der Waals surface area contributed by atoms with Gasteiger partial charge in [-0.1, -0.05) is 57.0 Å². The number of hydrogen-bond donors (Lipinski definition) is 0. The quantitative estimate of drug-likeness (QED) is 0.687. The third-order valence-electron chi connectivity index (χ3n) is 3.44. The molecule has 3 heteroatoms. The Morgan fingerprint density at radius 3 is 2.10 bits per heavy atom. The summed E-state index contributed by atoms with van der Waals surface area (Å²) in [5.74, 6) is 0.0839. The Morgan fingerprint density at radius 2 is 1.65 bits per heavy atom. The molecule has 0 saturated carbocycles. The largest absolute Gasteiger partial charge is 0.367 e. The van der Waals surface area contributed by atoms with Crippen LogP contribution in [0.1, 0.15) is 51.2 Å². The number of unbranched alkanes of at least 4 members (excludes halogenated alkanes) is 2. The normalized spacial score (nSPS) is 12.2. The maximum atomic E-state index is 12.7. The number of nitrogens with zero attached hydrogens (tertiary/aromatic N) is 1. The van der Waals surface area contributed by atoms with Crippen LogP contribution in [0, 0.1) is 0 Å². The van der Waals surface area contributed by atoms with Crippen molar-refractivity contribution in [1.29, 1.82) is 0 Å². The molecule has 0 bridgehead atoms. The maximum absolute atomic E-state index is 12.7. The number of carbonyl (C=O) groups excluding carboxylic acids is 1. The minimum atomic E-state index is -0.482. The number of methoxy groups -OCH3 is 1. The van der Waals surface area contributed by atoms with Crippen LogP contribution in [0.3, 0.4) is 0 Å². The van der Waals surface area contributed by atoms with Crippen molar-refractivity contribution >= 4 is 5.91 Å². The molecule has 0 unspecified atom stereocenters. The molecule has 1 amide bonds. The Morgan fingerprint density at radius 1 is 1.10 bits per heavy atom. The van der Waals surface area contributed by atoms with Crippen molar-refractivity contribution in [2.75, 3.05) is 20.2 Å². The van der Waals surface area contributed by atoms with Crippen molar-refractivity contribution in [3.63, 3.8) is 0 Å².